The van der Waals surface area contributed by atoms with Crippen molar-refractivity contribution >= 4 is 17.9 Å². The maximum atomic E-state index is 12.9. The highest BCUT2D eigenvalue weighted by molar-refractivity contribution is 5.71. The smallest absolute Gasteiger partial charge is 0.306 e. The zero-order valence-electron chi connectivity index (χ0n) is 52.3. The van der Waals surface area contributed by atoms with E-state index in [-0.39, 0.29) is 31.1 Å². The van der Waals surface area contributed by atoms with Crippen LogP contribution in [-0.4, -0.2) is 37.2 Å². The van der Waals surface area contributed by atoms with Crippen molar-refractivity contribution in [2.45, 2.75) is 316 Å². The molecule has 0 aromatic rings. The summed E-state index contributed by atoms with van der Waals surface area (Å²) in [6, 6.07) is 0. The van der Waals surface area contributed by atoms with Gasteiger partial charge in [-0.25, -0.2) is 0 Å². The maximum absolute atomic E-state index is 12.9. The maximum Gasteiger partial charge on any atom is 0.306 e. The lowest BCUT2D eigenvalue weighted by Crippen LogP contribution is -2.30. The first-order valence-corrected chi connectivity index (χ1v) is 33.5. The molecule has 80 heavy (non-hydrogen) atoms. The summed E-state index contributed by atoms with van der Waals surface area (Å²) < 4.78 is 17.0. The molecule has 0 aliphatic carbocycles. The molecule has 0 aliphatic rings. The molecule has 6 nitrogen and oxygen atoms in total. The third kappa shape index (κ3) is 64.6. The summed E-state index contributed by atoms with van der Waals surface area (Å²) in [4.78, 5) is 38.4. The van der Waals surface area contributed by atoms with Crippen LogP contribution in [0.3, 0.4) is 0 Å². The normalized spacial score (nSPS) is 12.9. The van der Waals surface area contributed by atoms with Crippen LogP contribution in [0.5, 0.6) is 0 Å². The molecule has 0 saturated heterocycles. The summed E-state index contributed by atoms with van der Waals surface area (Å²) in [6.07, 6.45) is 93.4. The minimum Gasteiger partial charge on any atom is -0.462 e. The minimum atomic E-state index is -0.793. The van der Waals surface area contributed by atoms with E-state index in [9.17, 15) is 14.4 Å². The van der Waals surface area contributed by atoms with Crippen LogP contribution in [0, 0.1) is 0 Å². The van der Waals surface area contributed by atoms with E-state index in [0.29, 0.717) is 19.3 Å². The van der Waals surface area contributed by atoms with E-state index in [2.05, 4.69) is 142 Å². The van der Waals surface area contributed by atoms with Crippen LogP contribution < -0.4 is 0 Å². The minimum absolute atomic E-state index is 0.0886. The molecule has 1 atom stereocenters. The van der Waals surface area contributed by atoms with Gasteiger partial charge < -0.3 is 14.2 Å². The van der Waals surface area contributed by atoms with E-state index in [0.717, 1.165) is 135 Å². The molecule has 0 saturated carbocycles. The number of ether oxygens (including phenoxy) is 3. The monoisotopic (exact) mass is 1110 g/mol. The number of rotatable bonds is 60. The van der Waals surface area contributed by atoms with E-state index in [1.54, 1.807) is 0 Å². The fraction of sp³-hybridized carbons (Fsp3) is 0.689. The highest BCUT2D eigenvalue weighted by atomic mass is 16.6. The molecular formula is C74H124O6. The summed E-state index contributed by atoms with van der Waals surface area (Å²) in [5.41, 5.74) is 0. The summed E-state index contributed by atoms with van der Waals surface area (Å²) >= 11 is 0. The van der Waals surface area contributed by atoms with Gasteiger partial charge in [0.15, 0.2) is 6.10 Å². The Kier molecular flexibility index (Phi) is 63.8. The van der Waals surface area contributed by atoms with Gasteiger partial charge in [0.2, 0.25) is 0 Å². The van der Waals surface area contributed by atoms with Gasteiger partial charge in [0.25, 0.3) is 0 Å². The van der Waals surface area contributed by atoms with Crippen molar-refractivity contribution in [2.75, 3.05) is 13.2 Å². The Morgan fingerprint density at radius 2 is 0.487 bits per heavy atom. The van der Waals surface area contributed by atoms with E-state index in [1.165, 1.54) is 135 Å². The highest BCUT2D eigenvalue weighted by Gasteiger charge is 2.19. The first-order chi connectivity index (χ1) is 39.5. The number of unbranched alkanes of at least 4 members (excludes halogenated alkanes) is 29. The van der Waals surface area contributed by atoms with Crippen LogP contribution in [-0.2, 0) is 28.6 Å². The predicted molar refractivity (Wildman–Crippen MR) is 348 cm³/mol. The SMILES string of the molecule is CC/C=C\C/C=C\C/C=C\C/C=C\C/C=C\CCCCCCCCCCCC(=O)OCC(COC(=O)CCCCCCC/C=C\CCCCCCCCC)OC(=O)CCCCCCCCCC/C=C\C/C=C\C/C=C\C/C=C\CC. The van der Waals surface area contributed by atoms with Gasteiger partial charge in [-0.15, -0.1) is 0 Å². The Balaban J connectivity index is 4.40. The highest BCUT2D eigenvalue weighted by Crippen LogP contribution is 2.16. The molecule has 1 unspecified atom stereocenters. The van der Waals surface area contributed by atoms with Crippen molar-refractivity contribution in [3.8, 4) is 0 Å². The molecule has 0 aliphatic heterocycles. The largest absolute Gasteiger partial charge is 0.462 e. The second-order valence-corrected chi connectivity index (χ2v) is 22.0. The fourth-order valence-electron chi connectivity index (χ4n) is 9.22. The molecule has 456 valence electrons. The Morgan fingerprint density at radius 3 is 0.775 bits per heavy atom. The molecule has 0 rings (SSSR count). The lowest BCUT2D eigenvalue weighted by molar-refractivity contribution is -0.167. The topological polar surface area (TPSA) is 78.9 Å². The van der Waals surface area contributed by atoms with E-state index >= 15 is 0 Å². The summed E-state index contributed by atoms with van der Waals surface area (Å²) in [5, 5.41) is 0. The number of hydrogen-bond donors (Lipinski definition) is 0. The van der Waals surface area contributed by atoms with Gasteiger partial charge in [-0.05, 0) is 128 Å². The van der Waals surface area contributed by atoms with Crippen molar-refractivity contribution in [2.24, 2.45) is 0 Å². The molecule has 0 amide bonds. The molecule has 0 aromatic carbocycles. The van der Waals surface area contributed by atoms with Crippen LogP contribution in [0.25, 0.3) is 0 Å². The average Bonchev–Trinajstić information content (AvgIpc) is 3.46. The van der Waals surface area contributed by atoms with Crippen LogP contribution in [0.2, 0.25) is 0 Å². The average molecular weight is 1110 g/mol. The van der Waals surface area contributed by atoms with Crippen LogP contribution in [0.4, 0.5) is 0 Å². The molecule has 0 fully saturated rings. The molecule has 0 bridgehead atoms. The van der Waals surface area contributed by atoms with Crippen molar-refractivity contribution in [3.63, 3.8) is 0 Å². The van der Waals surface area contributed by atoms with Gasteiger partial charge in [0.1, 0.15) is 13.2 Å². The first kappa shape index (κ1) is 75.8. The Morgan fingerprint density at radius 1 is 0.263 bits per heavy atom. The lowest BCUT2D eigenvalue weighted by atomic mass is 10.1. The summed E-state index contributed by atoms with van der Waals surface area (Å²) in [6.45, 7) is 6.42. The van der Waals surface area contributed by atoms with Gasteiger partial charge in [-0.2, -0.15) is 0 Å². The van der Waals surface area contributed by atoms with Crippen molar-refractivity contribution in [3.05, 3.63) is 122 Å². The predicted octanol–water partition coefficient (Wildman–Crippen LogP) is 23.2. The van der Waals surface area contributed by atoms with E-state index in [1.807, 2.05) is 0 Å². The molecule has 6 heteroatoms. The molecule has 0 spiro atoms. The zero-order valence-corrected chi connectivity index (χ0v) is 52.3. The Labute approximate surface area is 494 Å². The molecule has 0 aromatic heterocycles. The number of carbonyl (C=O) groups is 3. The van der Waals surface area contributed by atoms with E-state index < -0.39 is 6.10 Å². The van der Waals surface area contributed by atoms with Crippen molar-refractivity contribution < 1.29 is 28.6 Å². The molecule has 0 N–H and O–H groups in total. The zero-order chi connectivity index (χ0) is 57.8. The second kappa shape index (κ2) is 67.3. The lowest BCUT2D eigenvalue weighted by Gasteiger charge is -2.18. The second-order valence-electron chi connectivity index (χ2n) is 22.0. The third-order valence-corrected chi connectivity index (χ3v) is 14.2. The molecule has 0 heterocycles. The standard InChI is InChI=1S/C74H124O6/c1-4-7-10-13-16-19-22-25-28-31-33-35-36-37-38-40-41-43-46-49-52-55-58-61-64-67-73(76)79-70-71(69-78-72(75)66-63-60-57-54-51-48-45-30-27-24-21-18-15-12-9-6-3)80-74(77)68-65-62-59-56-53-50-47-44-42-39-34-32-29-26-23-20-17-14-11-8-5-2/h7-8,10-11,16-17,19-20,25-26,28-30,33-35,37-39,45,71H,4-6,9,12-15,18,21-24,27,31-32,36,40-44,46-70H2,1-3H3/b10-7-,11-8-,19-16-,20-17-,28-25-,29-26-,35-33-,38-37-,39-34-,45-30-. The van der Waals surface area contributed by atoms with Crippen LogP contribution in [0.15, 0.2) is 122 Å². The third-order valence-electron chi connectivity index (χ3n) is 14.2. The quantitative estimate of drug-likeness (QED) is 0.0261. The number of allylic oxidation sites excluding steroid dienone is 20. The van der Waals surface area contributed by atoms with Gasteiger partial charge in [0.05, 0.1) is 0 Å². The van der Waals surface area contributed by atoms with Crippen LogP contribution in [0.1, 0.15) is 310 Å². The number of carbonyl (C=O) groups excluding carboxylic acids is 3. The number of esters is 3. The van der Waals surface area contributed by atoms with Crippen molar-refractivity contribution in [1.29, 1.82) is 0 Å². The van der Waals surface area contributed by atoms with Crippen LogP contribution >= 0.6 is 0 Å². The van der Waals surface area contributed by atoms with Gasteiger partial charge in [0, 0.05) is 19.3 Å². The summed E-state index contributed by atoms with van der Waals surface area (Å²) in [5.74, 6) is -0.902. The van der Waals surface area contributed by atoms with Gasteiger partial charge in [-0.3, -0.25) is 14.4 Å². The molecule has 0 radical (unpaired) electrons. The van der Waals surface area contributed by atoms with E-state index in [4.69, 9.17) is 14.2 Å². The Bertz CT molecular complexity index is 1650. The number of hydrogen-bond acceptors (Lipinski definition) is 6. The summed E-state index contributed by atoms with van der Waals surface area (Å²) in [7, 11) is 0. The van der Waals surface area contributed by atoms with Gasteiger partial charge >= 0.3 is 17.9 Å². The Hall–Kier alpha value is -4.19. The van der Waals surface area contributed by atoms with Gasteiger partial charge in [-0.1, -0.05) is 284 Å². The molecular weight excluding hydrogens is 985 g/mol. The first-order valence-electron chi connectivity index (χ1n) is 33.5. The van der Waals surface area contributed by atoms with Crippen molar-refractivity contribution in [1.82, 2.24) is 0 Å². The fourth-order valence-corrected chi connectivity index (χ4v) is 9.22.